The second-order valence-corrected chi connectivity index (χ2v) is 31.5. The topological polar surface area (TPSA) is 145 Å². The van der Waals surface area contributed by atoms with Crippen molar-refractivity contribution in [1.29, 1.82) is 0 Å². The average molecular weight is 726 g/mol. The highest BCUT2D eigenvalue weighted by molar-refractivity contribution is 6.75. The van der Waals surface area contributed by atoms with E-state index in [1.165, 1.54) is 20.5 Å². The zero-order valence-electron chi connectivity index (χ0n) is 32.1. The monoisotopic (exact) mass is 725 g/mol. The van der Waals surface area contributed by atoms with Crippen LogP contribution in [0.2, 0.25) is 54.4 Å². The molecule has 16 heteroatoms. The molecule has 4 atom stereocenters. The summed E-state index contributed by atoms with van der Waals surface area (Å²) in [7, 11) is -4.60. The first kappa shape index (κ1) is 40.2. The van der Waals surface area contributed by atoms with Crippen molar-refractivity contribution in [2.24, 2.45) is 0 Å². The van der Waals surface area contributed by atoms with E-state index in [0.717, 1.165) is 0 Å². The Balaban J connectivity index is 2.34. The number of anilines is 1. The summed E-state index contributed by atoms with van der Waals surface area (Å²) in [6.45, 7) is 33.2. The number of hydrogen-bond acceptors (Lipinski definition) is 11. The van der Waals surface area contributed by atoms with Crippen molar-refractivity contribution in [2.45, 2.75) is 141 Å². The van der Waals surface area contributed by atoms with Crippen LogP contribution in [0, 0.1) is 0 Å². The number of esters is 1. The quantitative estimate of drug-likeness (QED) is 0.192. The van der Waals surface area contributed by atoms with Gasteiger partial charge in [0.25, 0.3) is 0 Å². The molecule has 1 N–H and O–H groups in total. The van der Waals surface area contributed by atoms with E-state index in [4.69, 9.17) is 27.5 Å². The largest absolute Gasteiger partial charge is 0.463 e. The lowest BCUT2D eigenvalue weighted by atomic mass is 10.1. The van der Waals surface area contributed by atoms with Gasteiger partial charge in [-0.15, -0.1) is 0 Å². The summed E-state index contributed by atoms with van der Waals surface area (Å²) >= 11 is 0. The lowest BCUT2D eigenvalue weighted by Gasteiger charge is -2.44. The summed E-state index contributed by atoms with van der Waals surface area (Å²) in [5.41, 5.74) is 0.420. The van der Waals surface area contributed by atoms with E-state index in [0.29, 0.717) is 0 Å². The highest BCUT2D eigenvalue weighted by atomic mass is 28.4. The van der Waals surface area contributed by atoms with Gasteiger partial charge < -0.3 is 27.5 Å². The SMILES string of the molecule is COC(=O)Nc1ncnc2c1nc(C(=O)OC)n2[C@@H]1O[C@H](CO[Si](C)(C)C(C)(C)C)[C@@H](O[Si](C)(C)C(C)(C)C)[C@H]1O[Si](C)(C)C(C)(C)C. The number of amides is 1. The number of fused-ring (bicyclic) bond motifs is 1. The summed E-state index contributed by atoms with van der Waals surface area (Å²) < 4.78 is 39.8. The molecule has 2 aromatic rings. The molecule has 0 saturated carbocycles. The molecule has 0 radical (unpaired) electrons. The van der Waals surface area contributed by atoms with Crippen LogP contribution in [0.4, 0.5) is 10.6 Å². The number of carbonyl (C=O) groups excluding carboxylic acids is 2. The fourth-order valence-corrected chi connectivity index (χ4v) is 8.10. The van der Waals surface area contributed by atoms with Gasteiger partial charge >= 0.3 is 12.1 Å². The van der Waals surface area contributed by atoms with Gasteiger partial charge in [-0.3, -0.25) is 9.88 Å². The summed E-state index contributed by atoms with van der Waals surface area (Å²) in [6.07, 6.45) is -2.15. The standard InChI is InChI=1S/C32H59N5O8Si3/c1-30(2,3)46(12,13)42-18-20-22(44-47(14,15)31(4,5)6)23(45-48(16,17)32(7,8)9)27(43-20)37-25-21(35-26(37)28(38)40-10)24(33-19-34-25)36-29(39)41-11/h19-20,22-23,27H,18H2,1-17H3,(H,33,34,36,39)/t20-,22-,23-,27-/m1/s1. The molecule has 1 fully saturated rings. The van der Waals surface area contributed by atoms with Crippen LogP contribution in [-0.2, 0) is 27.5 Å². The Morgan fingerprint density at radius 1 is 0.812 bits per heavy atom. The molecule has 1 aliphatic heterocycles. The van der Waals surface area contributed by atoms with Crippen LogP contribution >= 0.6 is 0 Å². The molecule has 3 heterocycles. The van der Waals surface area contributed by atoms with Gasteiger partial charge in [-0.25, -0.2) is 24.5 Å². The van der Waals surface area contributed by atoms with Crippen LogP contribution < -0.4 is 5.32 Å². The number of aromatic nitrogens is 4. The molecule has 1 aliphatic rings. The zero-order valence-corrected chi connectivity index (χ0v) is 35.1. The Kier molecular flexibility index (Phi) is 11.6. The van der Waals surface area contributed by atoms with Crippen molar-refractivity contribution < 1.29 is 37.1 Å². The Labute approximate surface area is 289 Å². The van der Waals surface area contributed by atoms with Gasteiger partial charge in [0.15, 0.2) is 48.2 Å². The molecule has 0 aromatic carbocycles. The number of rotatable bonds is 10. The molecule has 0 bridgehead atoms. The summed E-state index contributed by atoms with van der Waals surface area (Å²) in [4.78, 5) is 38.9. The van der Waals surface area contributed by atoms with Crippen LogP contribution in [0.25, 0.3) is 11.2 Å². The van der Waals surface area contributed by atoms with Crippen LogP contribution in [0.1, 0.15) is 79.2 Å². The van der Waals surface area contributed by atoms with E-state index in [1.807, 2.05) is 0 Å². The second-order valence-electron chi connectivity index (χ2n) is 17.1. The van der Waals surface area contributed by atoms with E-state index in [9.17, 15) is 9.59 Å². The van der Waals surface area contributed by atoms with Crippen molar-refractivity contribution in [1.82, 2.24) is 19.5 Å². The van der Waals surface area contributed by atoms with E-state index < -0.39 is 61.6 Å². The highest BCUT2D eigenvalue weighted by Crippen LogP contribution is 2.47. The van der Waals surface area contributed by atoms with E-state index >= 15 is 0 Å². The van der Waals surface area contributed by atoms with Crippen molar-refractivity contribution in [3.8, 4) is 0 Å². The fraction of sp³-hybridized carbons (Fsp3) is 0.781. The molecule has 2 aromatic heterocycles. The minimum atomic E-state index is -2.50. The number of nitrogens with one attached hydrogen (secondary N) is 1. The van der Waals surface area contributed by atoms with Gasteiger partial charge in [0, 0.05) is 0 Å². The number of methoxy groups -OCH3 is 2. The maximum absolute atomic E-state index is 13.4. The Bertz CT molecular complexity index is 1480. The molecule has 1 amide bonds. The second kappa shape index (κ2) is 13.8. The van der Waals surface area contributed by atoms with Crippen molar-refractivity contribution in [3.63, 3.8) is 0 Å². The first-order valence-corrected chi connectivity index (χ1v) is 25.2. The third-order valence-electron chi connectivity index (χ3n) is 10.7. The molecular weight excluding hydrogens is 667 g/mol. The van der Waals surface area contributed by atoms with Crippen LogP contribution in [0.5, 0.6) is 0 Å². The van der Waals surface area contributed by atoms with E-state index in [-0.39, 0.29) is 44.5 Å². The molecule has 0 spiro atoms. The number of hydrogen-bond donors (Lipinski definition) is 1. The van der Waals surface area contributed by atoms with Gasteiger partial charge in [-0.1, -0.05) is 62.3 Å². The summed E-state index contributed by atoms with van der Waals surface area (Å²) in [5.74, 6) is -0.719. The number of imidazole rings is 1. The summed E-state index contributed by atoms with van der Waals surface area (Å²) in [6, 6.07) is 0. The third-order valence-corrected chi connectivity index (χ3v) is 24.1. The third kappa shape index (κ3) is 8.21. The number of nitrogens with zero attached hydrogens (tertiary/aromatic N) is 4. The van der Waals surface area contributed by atoms with Gasteiger partial charge in [0.1, 0.15) is 24.6 Å². The smallest absolute Gasteiger partial charge is 0.412 e. The maximum atomic E-state index is 13.4. The Hall–Kier alpha value is -2.22. The Morgan fingerprint density at radius 2 is 1.33 bits per heavy atom. The molecule has 0 aliphatic carbocycles. The van der Waals surface area contributed by atoms with Gasteiger partial charge in [-0.2, -0.15) is 0 Å². The normalized spacial score (nSPS) is 21.4. The van der Waals surface area contributed by atoms with E-state index in [1.54, 1.807) is 4.57 Å². The van der Waals surface area contributed by atoms with Gasteiger partial charge in [0.2, 0.25) is 5.82 Å². The van der Waals surface area contributed by atoms with Crippen molar-refractivity contribution in [3.05, 3.63) is 12.2 Å². The molecule has 3 rings (SSSR count). The molecular formula is C32H59N5O8Si3. The van der Waals surface area contributed by atoms with Gasteiger partial charge in [-0.05, 0) is 54.4 Å². The Morgan fingerprint density at radius 3 is 1.81 bits per heavy atom. The van der Waals surface area contributed by atoms with Crippen molar-refractivity contribution >= 4 is 54.0 Å². The molecule has 0 unspecified atom stereocenters. The lowest BCUT2D eigenvalue weighted by molar-refractivity contribution is -0.0484. The lowest BCUT2D eigenvalue weighted by Crippen LogP contribution is -2.54. The van der Waals surface area contributed by atoms with Crippen LogP contribution in [0.15, 0.2) is 6.33 Å². The van der Waals surface area contributed by atoms with Crippen LogP contribution in [-0.4, -0.2) is 95.7 Å². The first-order chi connectivity index (χ1) is 21.7. The zero-order chi connectivity index (χ0) is 36.8. The molecule has 272 valence electrons. The highest BCUT2D eigenvalue weighted by Gasteiger charge is 2.56. The predicted octanol–water partition coefficient (Wildman–Crippen LogP) is 7.49. The fourth-order valence-electron chi connectivity index (χ4n) is 4.48. The predicted molar refractivity (Wildman–Crippen MR) is 194 cm³/mol. The number of carbonyl (C=O) groups is 2. The average Bonchev–Trinajstić information content (AvgIpc) is 3.47. The summed E-state index contributed by atoms with van der Waals surface area (Å²) in [5, 5.41) is 2.27. The van der Waals surface area contributed by atoms with Gasteiger partial charge in [0.05, 0.1) is 20.8 Å². The first-order valence-electron chi connectivity index (χ1n) is 16.5. The van der Waals surface area contributed by atoms with Crippen molar-refractivity contribution in [2.75, 3.05) is 26.1 Å². The molecule has 1 saturated heterocycles. The molecule has 48 heavy (non-hydrogen) atoms. The van der Waals surface area contributed by atoms with E-state index in [2.05, 4.69) is 122 Å². The minimum absolute atomic E-state index is 0.0314. The number of ether oxygens (including phenoxy) is 3. The van der Waals surface area contributed by atoms with Crippen LogP contribution in [0.3, 0.4) is 0 Å². The maximum Gasteiger partial charge on any atom is 0.412 e. The molecule has 13 nitrogen and oxygen atoms in total. The minimum Gasteiger partial charge on any atom is -0.463 e.